The fourth-order valence-electron chi connectivity index (χ4n) is 1.84. The van der Waals surface area contributed by atoms with E-state index in [-0.39, 0.29) is 17.5 Å². The number of carbonyl (C=O) groups is 2. The van der Waals surface area contributed by atoms with Crippen LogP contribution in [0, 0.1) is 5.92 Å². The van der Waals surface area contributed by atoms with E-state index >= 15 is 0 Å². The largest absolute Gasteiger partial charge is 0.478 e. The summed E-state index contributed by atoms with van der Waals surface area (Å²) in [7, 11) is 0. The lowest BCUT2D eigenvalue weighted by molar-refractivity contribution is -0.119. The fourth-order valence-corrected chi connectivity index (χ4v) is 2.61. The predicted molar refractivity (Wildman–Crippen MR) is 85.8 cm³/mol. The Morgan fingerprint density at radius 3 is 2.57 bits per heavy atom. The van der Waals surface area contributed by atoms with Crippen LogP contribution in [0.1, 0.15) is 44.0 Å². The molecule has 0 aromatic heterocycles. The highest BCUT2D eigenvalue weighted by Gasteiger charge is 2.09. The molecule has 0 fully saturated rings. The van der Waals surface area contributed by atoms with Gasteiger partial charge in [-0.05, 0) is 43.9 Å². The highest BCUT2D eigenvalue weighted by molar-refractivity contribution is 8.00. The molecule has 5 heteroatoms. The first-order chi connectivity index (χ1) is 9.88. The average molecular weight is 309 g/mol. The van der Waals surface area contributed by atoms with Crippen LogP contribution in [0.15, 0.2) is 29.2 Å². The van der Waals surface area contributed by atoms with Crippen LogP contribution >= 0.6 is 11.8 Å². The highest BCUT2D eigenvalue weighted by atomic mass is 32.2. The third-order valence-electron chi connectivity index (χ3n) is 3.04. The van der Waals surface area contributed by atoms with E-state index in [4.69, 9.17) is 5.11 Å². The zero-order valence-electron chi connectivity index (χ0n) is 12.8. The second-order valence-corrected chi connectivity index (χ2v) is 6.61. The normalized spacial score (nSPS) is 12.2. The Bertz CT molecular complexity index is 488. The molecule has 0 aliphatic rings. The number of benzene rings is 1. The highest BCUT2D eigenvalue weighted by Crippen LogP contribution is 2.19. The van der Waals surface area contributed by atoms with Crippen LogP contribution in [0.2, 0.25) is 0 Å². The van der Waals surface area contributed by atoms with E-state index in [1.807, 2.05) is 13.0 Å². The van der Waals surface area contributed by atoms with E-state index in [0.717, 1.165) is 17.7 Å². The zero-order chi connectivity index (χ0) is 15.8. The number of hydrogen-bond donors (Lipinski definition) is 2. The van der Waals surface area contributed by atoms with Gasteiger partial charge in [0.1, 0.15) is 0 Å². The predicted octanol–water partition coefficient (Wildman–Crippen LogP) is 3.42. The molecule has 1 aromatic rings. The lowest BCUT2D eigenvalue weighted by Crippen LogP contribution is -2.34. The van der Waals surface area contributed by atoms with Crippen LogP contribution in [0.3, 0.4) is 0 Å². The number of amides is 1. The maximum Gasteiger partial charge on any atom is 0.335 e. The van der Waals surface area contributed by atoms with Gasteiger partial charge < -0.3 is 10.4 Å². The van der Waals surface area contributed by atoms with E-state index in [1.165, 1.54) is 11.8 Å². The third kappa shape index (κ3) is 7.18. The van der Waals surface area contributed by atoms with E-state index in [1.54, 1.807) is 18.2 Å². The second-order valence-electron chi connectivity index (χ2n) is 5.56. The Balaban J connectivity index is 2.39. The molecular weight excluding hydrogens is 286 g/mol. The number of carboxylic acid groups (broad SMARTS) is 1. The summed E-state index contributed by atoms with van der Waals surface area (Å²) in [6.45, 7) is 6.34. The van der Waals surface area contributed by atoms with E-state index < -0.39 is 5.97 Å². The molecule has 2 N–H and O–H groups in total. The Labute approximate surface area is 130 Å². The minimum Gasteiger partial charge on any atom is -0.478 e. The number of thioether (sulfide) groups is 1. The summed E-state index contributed by atoms with van der Waals surface area (Å²) in [6.07, 6.45) is 2.07. The Morgan fingerprint density at radius 1 is 1.24 bits per heavy atom. The number of hydrogen-bond acceptors (Lipinski definition) is 3. The van der Waals surface area contributed by atoms with E-state index in [9.17, 15) is 9.59 Å². The van der Waals surface area contributed by atoms with Gasteiger partial charge in [-0.15, -0.1) is 11.8 Å². The van der Waals surface area contributed by atoms with Crippen molar-refractivity contribution in [2.75, 3.05) is 5.75 Å². The monoisotopic (exact) mass is 309 g/mol. The van der Waals surface area contributed by atoms with Gasteiger partial charge in [-0.1, -0.05) is 19.9 Å². The van der Waals surface area contributed by atoms with Gasteiger partial charge in [-0.25, -0.2) is 4.79 Å². The summed E-state index contributed by atoms with van der Waals surface area (Å²) < 4.78 is 0. The molecule has 0 radical (unpaired) electrons. The molecule has 1 unspecified atom stereocenters. The molecule has 21 heavy (non-hydrogen) atoms. The van der Waals surface area contributed by atoms with E-state index in [2.05, 4.69) is 19.2 Å². The molecule has 0 aliphatic heterocycles. The third-order valence-corrected chi connectivity index (χ3v) is 4.03. The smallest absolute Gasteiger partial charge is 0.335 e. The first-order valence-electron chi connectivity index (χ1n) is 7.14. The fraction of sp³-hybridized carbons (Fsp3) is 0.500. The molecule has 4 nitrogen and oxygen atoms in total. The molecule has 0 spiro atoms. The Morgan fingerprint density at radius 2 is 1.95 bits per heavy atom. The maximum atomic E-state index is 11.8. The summed E-state index contributed by atoms with van der Waals surface area (Å²) in [6, 6.07) is 6.80. The first-order valence-corrected chi connectivity index (χ1v) is 8.12. The van der Waals surface area contributed by atoms with Gasteiger partial charge in [-0.3, -0.25) is 4.79 Å². The number of carbonyl (C=O) groups excluding carboxylic acids is 1. The molecule has 0 aliphatic carbocycles. The van der Waals surface area contributed by atoms with Crippen molar-refractivity contribution >= 4 is 23.6 Å². The van der Waals surface area contributed by atoms with Crippen molar-refractivity contribution < 1.29 is 14.7 Å². The van der Waals surface area contributed by atoms with Crippen LogP contribution in [0.4, 0.5) is 0 Å². The van der Waals surface area contributed by atoms with E-state index in [0.29, 0.717) is 11.7 Å². The van der Waals surface area contributed by atoms with Gasteiger partial charge in [-0.2, -0.15) is 0 Å². The SMILES string of the molecule is CC(C)CCC(C)NC(=O)CSc1cccc(C(=O)O)c1. The molecule has 116 valence electrons. The Kier molecular flexibility index (Phi) is 7.29. The van der Waals surface area contributed by atoms with Gasteiger partial charge in [0.15, 0.2) is 0 Å². The molecule has 1 amide bonds. The summed E-state index contributed by atoms with van der Waals surface area (Å²) in [5.74, 6) is -0.0339. The van der Waals surface area contributed by atoms with Crippen molar-refractivity contribution in [2.24, 2.45) is 5.92 Å². The summed E-state index contributed by atoms with van der Waals surface area (Å²) in [4.78, 5) is 23.5. The maximum absolute atomic E-state index is 11.8. The van der Waals surface area contributed by atoms with Crippen LogP contribution in [0.25, 0.3) is 0 Å². The summed E-state index contributed by atoms with van der Waals surface area (Å²) in [5, 5.41) is 11.9. The number of nitrogens with one attached hydrogen (secondary N) is 1. The second kappa shape index (κ2) is 8.72. The van der Waals surface area contributed by atoms with Crippen LogP contribution in [-0.4, -0.2) is 28.8 Å². The van der Waals surface area contributed by atoms with Crippen LogP contribution in [0.5, 0.6) is 0 Å². The number of aromatic carboxylic acids is 1. The standard InChI is InChI=1S/C16H23NO3S/c1-11(2)7-8-12(3)17-15(18)10-21-14-6-4-5-13(9-14)16(19)20/h4-6,9,11-12H,7-8,10H2,1-3H3,(H,17,18)(H,19,20). The van der Waals surface area contributed by atoms with Crippen LogP contribution < -0.4 is 5.32 Å². The van der Waals surface area contributed by atoms with Gasteiger partial charge in [0.25, 0.3) is 0 Å². The minimum absolute atomic E-state index is 0.0167. The lowest BCUT2D eigenvalue weighted by Gasteiger charge is -2.15. The zero-order valence-corrected chi connectivity index (χ0v) is 13.6. The molecular formula is C16H23NO3S. The number of carboxylic acids is 1. The van der Waals surface area contributed by atoms with Crippen molar-refractivity contribution in [1.29, 1.82) is 0 Å². The molecule has 1 atom stereocenters. The summed E-state index contributed by atoms with van der Waals surface area (Å²) >= 11 is 1.35. The van der Waals surface area contributed by atoms with Gasteiger partial charge in [0.2, 0.25) is 5.91 Å². The van der Waals surface area contributed by atoms with Gasteiger partial charge in [0, 0.05) is 10.9 Å². The summed E-state index contributed by atoms with van der Waals surface area (Å²) in [5.41, 5.74) is 0.241. The first kappa shape index (κ1) is 17.6. The van der Waals surface area contributed by atoms with Crippen molar-refractivity contribution in [2.45, 2.75) is 44.6 Å². The molecule has 0 saturated heterocycles. The Hall–Kier alpha value is -1.49. The van der Waals surface area contributed by atoms with Crippen LogP contribution in [-0.2, 0) is 4.79 Å². The lowest BCUT2D eigenvalue weighted by atomic mass is 10.0. The molecule has 1 aromatic carbocycles. The van der Waals surface area contributed by atoms with Crippen molar-refractivity contribution in [3.05, 3.63) is 29.8 Å². The van der Waals surface area contributed by atoms with Gasteiger partial charge in [0.05, 0.1) is 11.3 Å². The molecule has 0 saturated carbocycles. The molecule has 0 heterocycles. The van der Waals surface area contributed by atoms with Crippen molar-refractivity contribution in [3.63, 3.8) is 0 Å². The van der Waals surface area contributed by atoms with Crippen molar-refractivity contribution in [3.8, 4) is 0 Å². The molecule has 1 rings (SSSR count). The number of rotatable bonds is 8. The average Bonchev–Trinajstić information content (AvgIpc) is 2.43. The minimum atomic E-state index is -0.954. The quantitative estimate of drug-likeness (QED) is 0.722. The van der Waals surface area contributed by atoms with Gasteiger partial charge >= 0.3 is 5.97 Å². The topological polar surface area (TPSA) is 66.4 Å². The molecule has 0 bridgehead atoms. The van der Waals surface area contributed by atoms with Crippen molar-refractivity contribution in [1.82, 2.24) is 5.32 Å².